The van der Waals surface area contributed by atoms with Crippen molar-refractivity contribution in [3.05, 3.63) is 173 Å². The van der Waals surface area contributed by atoms with Crippen molar-refractivity contribution >= 4 is 98.7 Å². The van der Waals surface area contributed by atoms with Gasteiger partial charge in [-0.25, -0.2) is 0 Å². The Hall–Kier alpha value is -6.24. The number of anilines is 9. The van der Waals surface area contributed by atoms with E-state index < -0.39 is 8.07 Å². The molecule has 7 aromatic carbocycles. The summed E-state index contributed by atoms with van der Waals surface area (Å²) in [5.74, 6) is 0. The van der Waals surface area contributed by atoms with Crippen LogP contribution < -0.4 is 36.5 Å². The van der Waals surface area contributed by atoms with Gasteiger partial charge in [0, 0.05) is 45.2 Å². The van der Waals surface area contributed by atoms with Gasteiger partial charge in [0.05, 0.1) is 25.1 Å². The van der Waals surface area contributed by atoms with E-state index in [4.69, 9.17) is 4.42 Å². The molecule has 8 aromatic rings. The summed E-state index contributed by atoms with van der Waals surface area (Å²) in [6.45, 7) is 40.8. The Morgan fingerprint density at radius 2 is 1.00 bits per heavy atom. The molecule has 0 N–H and O–H groups in total. The average Bonchev–Trinajstić information content (AvgIpc) is 3.87. The minimum Gasteiger partial charge on any atom is -0.468 e. The zero-order valence-corrected chi connectivity index (χ0v) is 50.4. The van der Waals surface area contributed by atoms with Gasteiger partial charge in [-0.05, 0) is 181 Å². The molecule has 2 aliphatic heterocycles. The van der Waals surface area contributed by atoms with Crippen LogP contribution in [0.1, 0.15) is 156 Å². The Morgan fingerprint density at radius 3 is 1.58 bits per heavy atom. The summed E-state index contributed by atoms with van der Waals surface area (Å²) < 4.78 is 7.58. The fraction of sp³-hybridized carbons (Fsp3) is 0.380. The number of benzene rings is 7. The standard InChI is InChI=1S/C71H82BN3OSi/c1-66(2,3)45-23-26-49(27-24-45)75-61-42-51(73(47-21-19-18-20-22-47)48-28-31-52(32-29-48)77(15,16)17)41-60-63(61)72(65-64(75)53-39-46(67(4,5)6)25-34-62(53)76-65)58-43-56-57(71(13,14)38-37-70(56,11)12)44-59(58)74(60)50-30-33-54-55(40-50)69(9,10)36-35-68(54,7)8/h18-34,39-44H,35-38H2,1-17H3. The van der Waals surface area contributed by atoms with E-state index in [0.29, 0.717) is 0 Å². The predicted octanol–water partition coefficient (Wildman–Crippen LogP) is 17.8. The zero-order valence-electron chi connectivity index (χ0n) is 49.4. The zero-order chi connectivity index (χ0) is 54.7. The fourth-order valence-electron chi connectivity index (χ4n) is 13.6. The molecular weight excluding hydrogens is 950 g/mol. The van der Waals surface area contributed by atoms with E-state index in [9.17, 15) is 0 Å². The maximum Gasteiger partial charge on any atom is 0.297 e. The summed E-state index contributed by atoms with van der Waals surface area (Å²) in [4.78, 5) is 7.78. The summed E-state index contributed by atoms with van der Waals surface area (Å²) >= 11 is 0. The lowest BCUT2D eigenvalue weighted by Gasteiger charge is -2.47. The summed E-state index contributed by atoms with van der Waals surface area (Å²) in [5.41, 5.74) is 23.4. The Balaban J connectivity index is 1.25. The number of fused-ring (bicyclic) bond motifs is 8. The van der Waals surface area contributed by atoms with Crippen LogP contribution >= 0.6 is 0 Å². The Kier molecular flexibility index (Phi) is 11.5. The predicted molar refractivity (Wildman–Crippen MR) is 336 cm³/mol. The first kappa shape index (κ1) is 51.5. The first-order valence-electron chi connectivity index (χ1n) is 28.8. The van der Waals surface area contributed by atoms with E-state index >= 15 is 0 Å². The monoisotopic (exact) mass is 1030 g/mol. The van der Waals surface area contributed by atoms with Gasteiger partial charge in [-0.1, -0.05) is 182 Å². The molecule has 1 aromatic heterocycles. The van der Waals surface area contributed by atoms with Gasteiger partial charge >= 0.3 is 0 Å². The van der Waals surface area contributed by atoms with E-state index in [0.717, 1.165) is 64.3 Å². The Labute approximate surface area is 463 Å². The van der Waals surface area contributed by atoms with Crippen LogP contribution in [-0.4, -0.2) is 14.8 Å². The molecule has 0 radical (unpaired) electrons. The highest BCUT2D eigenvalue weighted by Crippen LogP contribution is 2.55. The normalized spacial score (nSPS) is 17.8. The van der Waals surface area contributed by atoms with E-state index in [1.807, 2.05) is 0 Å². The van der Waals surface area contributed by atoms with E-state index in [2.05, 4.69) is 271 Å². The second-order valence-electron chi connectivity index (χ2n) is 29.3. The van der Waals surface area contributed by atoms with Gasteiger partial charge in [0.25, 0.3) is 6.71 Å². The fourth-order valence-corrected chi connectivity index (χ4v) is 14.8. The van der Waals surface area contributed by atoms with Crippen LogP contribution in [0, 0.1) is 0 Å². The average molecular weight is 1030 g/mol. The second-order valence-corrected chi connectivity index (χ2v) is 34.3. The number of hydrogen-bond acceptors (Lipinski definition) is 4. The van der Waals surface area contributed by atoms with Gasteiger partial charge in [-0.2, -0.15) is 0 Å². The van der Waals surface area contributed by atoms with Crippen LogP contribution in [0.2, 0.25) is 19.6 Å². The van der Waals surface area contributed by atoms with Crippen LogP contribution in [-0.2, 0) is 32.5 Å². The van der Waals surface area contributed by atoms with Crippen molar-refractivity contribution in [1.82, 2.24) is 0 Å². The highest BCUT2D eigenvalue weighted by Gasteiger charge is 2.50. The molecule has 0 unspecified atom stereocenters. The van der Waals surface area contributed by atoms with Gasteiger partial charge in [-0.15, -0.1) is 0 Å². The third-order valence-electron chi connectivity index (χ3n) is 18.8. The van der Waals surface area contributed by atoms with E-state index in [-0.39, 0.29) is 39.2 Å². The molecule has 0 saturated heterocycles. The molecule has 3 heterocycles. The number of nitrogens with zero attached hydrogens (tertiary/aromatic N) is 3. The van der Waals surface area contributed by atoms with Crippen LogP contribution in [0.3, 0.4) is 0 Å². The third-order valence-corrected chi connectivity index (χ3v) is 20.9. The summed E-state index contributed by atoms with van der Waals surface area (Å²) in [6, 6.07) is 54.8. The van der Waals surface area contributed by atoms with Crippen molar-refractivity contribution in [3.63, 3.8) is 0 Å². The van der Waals surface area contributed by atoms with Gasteiger partial charge in [0.15, 0.2) is 0 Å². The van der Waals surface area contributed by atoms with Crippen LogP contribution in [0.4, 0.5) is 51.2 Å². The molecule has 0 fully saturated rings. The van der Waals surface area contributed by atoms with Crippen molar-refractivity contribution in [2.24, 2.45) is 0 Å². The number of rotatable bonds is 6. The SMILES string of the molecule is CC(C)(C)c1ccc(N2c3cc(N(c4ccccc4)c4ccc([Si](C)(C)C)cc4)cc4c3B(c3cc5c(cc3N4c3ccc4c(c3)C(C)(C)CCC4(C)C)C(C)(C)CCC5(C)C)c3oc4ccc(C(C)(C)C)cc4c32)cc1. The molecule has 77 heavy (non-hydrogen) atoms. The number of furan rings is 1. The molecule has 12 rings (SSSR count). The molecule has 4 nitrogen and oxygen atoms in total. The molecule has 0 spiro atoms. The van der Waals surface area contributed by atoms with Crippen molar-refractivity contribution in [3.8, 4) is 0 Å². The highest BCUT2D eigenvalue weighted by atomic mass is 28.3. The minimum atomic E-state index is -1.59. The van der Waals surface area contributed by atoms with Crippen molar-refractivity contribution < 1.29 is 4.42 Å². The Morgan fingerprint density at radius 1 is 0.481 bits per heavy atom. The first-order chi connectivity index (χ1) is 36.0. The molecular formula is C71H82BN3OSi. The topological polar surface area (TPSA) is 22.9 Å². The van der Waals surface area contributed by atoms with Crippen molar-refractivity contribution in [1.29, 1.82) is 0 Å². The van der Waals surface area contributed by atoms with Gasteiger partial charge in [0.2, 0.25) is 0 Å². The van der Waals surface area contributed by atoms with Crippen LogP contribution in [0.25, 0.3) is 11.0 Å². The van der Waals surface area contributed by atoms with Crippen LogP contribution in [0.15, 0.2) is 144 Å². The maximum absolute atomic E-state index is 7.58. The molecule has 394 valence electrons. The van der Waals surface area contributed by atoms with Gasteiger partial charge in [0.1, 0.15) is 5.58 Å². The summed E-state index contributed by atoms with van der Waals surface area (Å²) in [5, 5.41) is 2.60. The van der Waals surface area contributed by atoms with Crippen molar-refractivity contribution in [2.75, 3.05) is 14.7 Å². The van der Waals surface area contributed by atoms with E-state index in [1.54, 1.807) is 0 Å². The quantitative estimate of drug-likeness (QED) is 0.155. The Bertz CT molecular complexity index is 3650. The molecule has 0 amide bonds. The molecule has 0 bridgehead atoms. The second kappa shape index (κ2) is 17.1. The number of hydrogen-bond donors (Lipinski definition) is 0. The first-order valence-corrected chi connectivity index (χ1v) is 32.3. The smallest absolute Gasteiger partial charge is 0.297 e. The molecule has 4 aliphatic rings. The minimum absolute atomic E-state index is 0.00582. The molecule has 0 atom stereocenters. The number of para-hydroxylation sites is 1. The highest BCUT2D eigenvalue weighted by molar-refractivity contribution is 7.00. The van der Waals surface area contributed by atoms with Gasteiger partial charge in [-0.3, -0.25) is 0 Å². The summed E-state index contributed by atoms with van der Waals surface area (Å²) in [7, 11) is -1.59. The lowest BCUT2D eigenvalue weighted by Crippen LogP contribution is -2.61. The summed E-state index contributed by atoms with van der Waals surface area (Å²) in [6.07, 6.45) is 4.59. The molecule has 2 aliphatic carbocycles. The molecule has 6 heteroatoms. The lowest BCUT2D eigenvalue weighted by molar-refractivity contribution is 0.332. The maximum atomic E-state index is 7.58. The third kappa shape index (κ3) is 8.36. The van der Waals surface area contributed by atoms with E-state index in [1.165, 1.54) is 78.7 Å². The van der Waals surface area contributed by atoms with Crippen LogP contribution in [0.5, 0.6) is 0 Å². The lowest BCUT2D eigenvalue weighted by atomic mass is 9.35. The largest absolute Gasteiger partial charge is 0.468 e. The molecule has 0 saturated carbocycles. The van der Waals surface area contributed by atoms with Gasteiger partial charge < -0.3 is 19.1 Å². The van der Waals surface area contributed by atoms with Crippen molar-refractivity contribution in [2.45, 2.75) is 175 Å².